The van der Waals surface area contributed by atoms with Gasteiger partial charge in [-0.1, -0.05) is 0 Å². The van der Waals surface area contributed by atoms with E-state index in [1.807, 2.05) is 18.3 Å². The summed E-state index contributed by atoms with van der Waals surface area (Å²) in [5.74, 6) is 4.85. The fourth-order valence-corrected chi connectivity index (χ4v) is 1.20. The normalized spacial score (nSPS) is 9.92. The number of nitrogens with one attached hydrogen (secondary N) is 2. The van der Waals surface area contributed by atoms with E-state index in [9.17, 15) is 4.79 Å². The lowest BCUT2D eigenvalue weighted by molar-refractivity contribution is -0.121. The van der Waals surface area contributed by atoms with Crippen LogP contribution in [0.2, 0.25) is 0 Å². The van der Waals surface area contributed by atoms with Gasteiger partial charge in [-0.15, -0.1) is 0 Å². The number of H-pyrrole nitrogens is 1. The Kier molecular flexibility index (Phi) is 4.05. The zero-order valence-electron chi connectivity index (χ0n) is 7.55. The highest BCUT2D eigenvalue weighted by Crippen LogP contribution is 2.03. The molecule has 4 nitrogen and oxygen atoms in total. The maximum Gasteiger partial charge on any atom is 0.233 e. The smallest absolute Gasteiger partial charge is 0.233 e. The molecule has 1 aromatic rings. The second-order valence-electron chi connectivity index (χ2n) is 2.97. The van der Waals surface area contributed by atoms with E-state index in [4.69, 9.17) is 5.84 Å². The molecule has 0 radical (unpaired) electrons. The molecule has 0 saturated carbocycles. The molecule has 4 heteroatoms. The van der Waals surface area contributed by atoms with Gasteiger partial charge in [0.05, 0.1) is 0 Å². The fourth-order valence-electron chi connectivity index (χ4n) is 1.20. The summed E-state index contributed by atoms with van der Waals surface area (Å²) in [6.07, 6.45) is 5.29. The molecule has 0 aromatic carbocycles. The molecule has 0 saturated heterocycles. The van der Waals surface area contributed by atoms with Crippen LogP contribution in [0.4, 0.5) is 0 Å². The summed E-state index contributed by atoms with van der Waals surface area (Å²) in [6, 6.07) is 4.02. The number of rotatable bonds is 5. The maximum atomic E-state index is 10.7. The van der Waals surface area contributed by atoms with Crippen molar-refractivity contribution in [2.75, 3.05) is 0 Å². The summed E-state index contributed by atoms with van der Waals surface area (Å²) in [5, 5.41) is 0. The van der Waals surface area contributed by atoms with E-state index in [1.54, 1.807) is 0 Å². The fraction of sp³-hybridized carbons (Fsp3) is 0.444. The highest BCUT2D eigenvalue weighted by atomic mass is 16.2. The SMILES string of the molecule is NNC(=O)CCCCc1ccc[nH]1. The second-order valence-corrected chi connectivity index (χ2v) is 2.97. The predicted octanol–water partition coefficient (Wildman–Crippen LogP) is 0.717. The molecule has 0 atom stereocenters. The van der Waals surface area contributed by atoms with Crippen molar-refractivity contribution in [2.45, 2.75) is 25.7 Å². The van der Waals surface area contributed by atoms with Gasteiger partial charge in [0.2, 0.25) is 5.91 Å². The van der Waals surface area contributed by atoms with Gasteiger partial charge in [0.25, 0.3) is 0 Å². The van der Waals surface area contributed by atoms with Crippen LogP contribution in [0.3, 0.4) is 0 Å². The minimum atomic E-state index is -0.0912. The second kappa shape index (κ2) is 5.37. The summed E-state index contributed by atoms with van der Waals surface area (Å²) < 4.78 is 0. The molecule has 0 fully saturated rings. The van der Waals surface area contributed by atoms with Crippen LogP contribution in [0.15, 0.2) is 18.3 Å². The van der Waals surface area contributed by atoms with Gasteiger partial charge >= 0.3 is 0 Å². The van der Waals surface area contributed by atoms with Crippen LogP contribution in [0.1, 0.15) is 25.0 Å². The number of aromatic amines is 1. The van der Waals surface area contributed by atoms with Crippen molar-refractivity contribution in [1.82, 2.24) is 10.4 Å². The summed E-state index contributed by atoms with van der Waals surface area (Å²) in [6.45, 7) is 0. The number of aromatic nitrogens is 1. The summed E-state index contributed by atoms with van der Waals surface area (Å²) >= 11 is 0. The van der Waals surface area contributed by atoms with Crippen molar-refractivity contribution in [3.05, 3.63) is 24.0 Å². The Morgan fingerprint density at radius 2 is 2.38 bits per heavy atom. The maximum absolute atomic E-state index is 10.7. The average molecular weight is 181 g/mol. The first kappa shape index (κ1) is 9.80. The van der Waals surface area contributed by atoms with Crippen molar-refractivity contribution in [1.29, 1.82) is 0 Å². The predicted molar refractivity (Wildman–Crippen MR) is 50.7 cm³/mol. The number of carbonyl (C=O) groups excluding carboxylic acids is 1. The molecular weight excluding hydrogens is 166 g/mol. The summed E-state index contributed by atoms with van der Waals surface area (Å²) in [7, 11) is 0. The molecule has 13 heavy (non-hydrogen) atoms. The number of unbranched alkanes of at least 4 members (excludes halogenated alkanes) is 1. The summed E-state index contributed by atoms with van der Waals surface area (Å²) in [4.78, 5) is 13.8. The number of aryl methyl sites for hydroxylation is 1. The monoisotopic (exact) mass is 181 g/mol. The van der Waals surface area contributed by atoms with Gasteiger partial charge < -0.3 is 4.98 Å². The Morgan fingerprint density at radius 3 is 3.00 bits per heavy atom. The Balaban J connectivity index is 2.05. The van der Waals surface area contributed by atoms with E-state index in [2.05, 4.69) is 10.4 Å². The number of hydrogen-bond donors (Lipinski definition) is 3. The molecule has 0 aliphatic rings. The number of hydrogen-bond acceptors (Lipinski definition) is 2. The third-order valence-electron chi connectivity index (χ3n) is 1.92. The van der Waals surface area contributed by atoms with E-state index in [1.165, 1.54) is 5.69 Å². The van der Waals surface area contributed by atoms with Gasteiger partial charge in [0, 0.05) is 18.3 Å². The van der Waals surface area contributed by atoms with Crippen molar-refractivity contribution in [3.63, 3.8) is 0 Å². The van der Waals surface area contributed by atoms with Crippen molar-refractivity contribution in [2.24, 2.45) is 5.84 Å². The van der Waals surface area contributed by atoms with Crippen LogP contribution in [0, 0.1) is 0 Å². The number of amides is 1. The highest BCUT2D eigenvalue weighted by molar-refractivity contribution is 5.75. The van der Waals surface area contributed by atoms with E-state index >= 15 is 0 Å². The standard InChI is InChI=1S/C9H15N3O/c10-12-9(13)6-2-1-4-8-5-3-7-11-8/h3,5,7,11H,1-2,4,6,10H2,(H,12,13). The van der Waals surface area contributed by atoms with Crippen LogP contribution in [-0.2, 0) is 11.2 Å². The molecule has 1 amide bonds. The molecular formula is C9H15N3O. The van der Waals surface area contributed by atoms with Crippen LogP contribution in [-0.4, -0.2) is 10.9 Å². The zero-order valence-corrected chi connectivity index (χ0v) is 7.55. The molecule has 1 heterocycles. The highest BCUT2D eigenvalue weighted by Gasteiger charge is 1.98. The molecule has 0 bridgehead atoms. The lowest BCUT2D eigenvalue weighted by atomic mass is 10.1. The van der Waals surface area contributed by atoms with Crippen LogP contribution in [0.5, 0.6) is 0 Å². The van der Waals surface area contributed by atoms with Crippen LogP contribution in [0.25, 0.3) is 0 Å². The Hall–Kier alpha value is -1.29. The molecule has 72 valence electrons. The Bertz CT molecular complexity index is 243. The summed E-state index contributed by atoms with van der Waals surface area (Å²) in [5.41, 5.74) is 3.33. The van der Waals surface area contributed by atoms with Gasteiger partial charge in [0.1, 0.15) is 0 Å². The van der Waals surface area contributed by atoms with E-state index in [0.717, 1.165) is 19.3 Å². The van der Waals surface area contributed by atoms with Crippen molar-refractivity contribution >= 4 is 5.91 Å². The first-order chi connectivity index (χ1) is 6.33. The average Bonchev–Trinajstić information content (AvgIpc) is 2.64. The number of hydrazine groups is 1. The third-order valence-corrected chi connectivity index (χ3v) is 1.92. The number of carbonyl (C=O) groups is 1. The van der Waals surface area contributed by atoms with Crippen molar-refractivity contribution in [3.8, 4) is 0 Å². The quantitative estimate of drug-likeness (QED) is 0.271. The van der Waals surface area contributed by atoms with Gasteiger partial charge in [0.15, 0.2) is 0 Å². The lowest BCUT2D eigenvalue weighted by Crippen LogP contribution is -2.29. The lowest BCUT2D eigenvalue weighted by Gasteiger charge is -1.98. The van der Waals surface area contributed by atoms with Gasteiger partial charge in [-0.05, 0) is 31.4 Å². The van der Waals surface area contributed by atoms with Crippen molar-refractivity contribution < 1.29 is 4.79 Å². The minimum Gasteiger partial charge on any atom is -0.365 e. The van der Waals surface area contributed by atoms with E-state index in [-0.39, 0.29) is 5.91 Å². The molecule has 0 aliphatic carbocycles. The zero-order chi connectivity index (χ0) is 9.52. The number of nitrogens with two attached hydrogens (primary N) is 1. The van der Waals surface area contributed by atoms with Crippen LogP contribution >= 0.6 is 0 Å². The molecule has 0 aliphatic heterocycles. The Morgan fingerprint density at radius 1 is 1.54 bits per heavy atom. The topological polar surface area (TPSA) is 70.9 Å². The molecule has 1 aromatic heterocycles. The largest absolute Gasteiger partial charge is 0.365 e. The third kappa shape index (κ3) is 3.75. The van der Waals surface area contributed by atoms with E-state index < -0.39 is 0 Å². The van der Waals surface area contributed by atoms with E-state index in [0.29, 0.717) is 6.42 Å². The Labute approximate surface area is 77.5 Å². The first-order valence-electron chi connectivity index (χ1n) is 4.44. The molecule has 4 N–H and O–H groups in total. The van der Waals surface area contributed by atoms with Crippen LogP contribution < -0.4 is 11.3 Å². The molecule has 0 spiro atoms. The molecule has 0 unspecified atom stereocenters. The van der Waals surface area contributed by atoms with Gasteiger partial charge in [-0.25, -0.2) is 5.84 Å². The minimum absolute atomic E-state index is 0.0912. The van der Waals surface area contributed by atoms with Gasteiger partial charge in [-0.2, -0.15) is 0 Å². The molecule has 1 rings (SSSR count). The van der Waals surface area contributed by atoms with Gasteiger partial charge in [-0.3, -0.25) is 10.2 Å². The first-order valence-corrected chi connectivity index (χ1v) is 4.44.